The number of ether oxygens (including phenoxy) is 1. The van der Waals surface area contributed by atoms with Gasteiger partial charge in [-0.25, -0.2) is 0 Å². The smallest absolute Gasteiger partial charge is 0.119 e. The number of nitrogens with one attached hydrogen (secondary N) is 1. The number of benzene rings is 1. The molecule has 1 aromatic carbocycles. The molecule has 0 amide bonds. The van der Waals surface area contributed by atoms with Crippen LogP contribution in [0.15, 0.2) is 24.3 Å². The van der Waals surface area contributed by atoms with E-state index < -0.39 is 0 Å². The van der Waals surface area contributed by atoms with Gasteiger partial charge in [-0.2, -0.15) is 0 Å². The van der Waals surface area contributed by atoms with E-state index in [4.69, 9.17) is 4.74 Å². The first-order chi connectivity index (χ1) is 9.26. The molecule has 0 bridgehead atoms. The van der Waals surface area contributed by atoms with E-state index in [9.17, 15) is 0 Å². The summed E-state index contributed by atoms with van der Waals surface area (Å²) in [5, 5.41) is 3.49. The maximum absolute atomic E-state index is 5.52. The number of hydrogen-bond acceptors (Lipinski definition) is 3. The van der Waals surface area contributed by atoms with Gasteiger partial charge >= 0.3 is 0 Å². The molecule has 0 spiro atoms. The first-order valence-corrected chi connectivity index (χ1v) is 7.40. The van der Waals surface area contributed by atoms with Gasteiger partial charge in [-0.3, -0.25) is 4.90 Å². The van der Waals surface area contributed by atoms with E-state index in [-0.39, 0.29) is 0 Å². The zero-order valence-corrected chi connectivity index (χ0v) is 12.4. The summed E-state index contributed by atoms with van der Waals surface area (Å²) < 4.78 is 5.52. The van der Waals surface area contributed by atoms with Gasteiger partial charge in [-0.05, 0) is 63.6 Å². The highest BCUT2D eigenvalue weighted by molar-refractivity contribution is 5.30. The van der Waals surface area contributed by atoms with Gasteiger partial charge in [0, 0.05) is 6.04 Å². The number of likely N-dealkylation sites (tertiary alicyclic amines) is 1. The molecule has 19 heavy (non-hydrogen) atoms. The van der Waals surface area contributed by atoms with E-state index >= 15 is 0 Å². The molecule has 106 valence electrons. The van der Waals surface area contributed by atoms with Crippen LogP contribution in [0.4, 0.5) is 0 Å². The molecule has 1 aliphatic rings. The van der Waals surface area contributed by atoms with Crippen molar-refractivity contribution < 1.29 is 4.74 Å². The predicted molar refractivity (Wildman–Crippen MR) is 79.6 cm³/mol. The molecule has 0 radical (unpaired) electrons. The van der Waals surface area contributed by atoms with Crippen LogP contribution < -0.4 is 10.1 Å². The van der Waals surface area contributed by atoms with E-state index in [0.29, 0.717) is 12.0 Å². The van der Waals surface area contributed by atoms with Crippen molar-refractivity contribution >= 4 is 0 Å². The molecular weight excluding hydrogens is 236 g/mol. The summed E-state index contributed by atoms with van der Waals surface area (Å²) in [5.41, 5.74) is 1.41. The summed E-state index contributed by atoms with van der Waals surface area (Å²) in [6, 6.07) is 9.16. The van der Waals surface area contributed by atoms with Crippen molar-refractivity contribution in [2.24, 2.45) is 5.92 Å². The number of rotatable bonds is 6. The minimum Gasteiger partial charge on any atom is -0.494 e. The first kappa shape index (κ1) is 14.4. The Labute approximate surface area is 116 Å². The first-order valence-electron chi connectivity index (χ1n) is 7.40. The molecule has 1 aliphatic heterocycles. The Balaban J connectivity index is 2.08. The van der Waals surface area contributed by atoms with Gasteiger partial charge < -0.3 is 10.1 Å². The van der Waals surface area contributed by atoms with E-state index in [0.717, 1.165) is 25.4 Å². The summed E-state index contributed by atoms with van der Waals surface area (Å²) >= 11 is 0. The molecule has 3 heteroatoms. The van der Waals surface area contributed by atoms with E-state index in [1.54, 1.807) is 0 Å². The number of nitrogens with zero attached hydrogens (tertiary/aromatic N) is 1. The van der Waals surface area contributed by atoms with Crippen molar-refractivity contribution in [1.82, 2.24) is 10.2 Å². The topological polar surface area (TPSA) is 24.5 Å². The van der Waals surface area contributed by atoms with Crippen LogP contribution >= 0.6 is 0 Å². The average Bonchev–Trinajstić information content (AvgIpc) is 2.79. The summed E-state index contributed by atoms with van der Waals surface area (Å²) in [6.07, 6.45) is 1.28. The normalized spacial score (nSPS) is 23.7. The molecule has 2 unspecified atom stereocenters. The highest BCUT2D eigenvalue weighted by Gasteiger charge is 2.32. The zero-order chi connectivity index (χ0) is 13.7. The van der Waals surface area contributed by atoms with Gasteiger partial charge in [0.1, 0.15) is 5.75 Å². The van der Waals surface area contributed by atoms with Crippen LogP contribution in [0.1, 0.15) is 31.9 Å². The molecule has 3 nitrogen and oxygen atoms in total. The Morgan fingerprint density at radius 1 is 1.26 bits per heavy atom. The van der Waals surface area contributed by atoms with Crippen molar-refractivity contribution in [3.05, 3.63) is 29.8 Å². The van der Waals surface area contributed by atoms with Crippen LogP contribution in [0, 0.1) is 5.92 Å². The lowest BCUT2D eigenvalue weighted by Crippen LogP contribution is -2.28. The minimum atomic E-state index is 0.537. The Morgan fingerprint density at radius 3 is 2.63 bits per heavy atom. The molecule has 1 aromatic rings. The Bertz CT molecular complexity index is 377. The maximum atomic E-state index is 5.52. The molecule has 1 heterocycles. The maximum Gasteiger partial charge on any atom is 0.119 e. The van der Waals surface area contributed by atoms with Gasteiger partial charge in [0.15, 0.2) is 0 Å². The second kappa shape index (κ2) is 6.92. The minimum absolute atomic E-state index is 0.537. The largest absolute Gasteiger partial charge is 0.494 e. The van der Waals surface area contributed by atoms with Crippen LogP contribution in [0.2, 0.25) is 0 Å². The van der Waals surface area contributed by atoms with Crippen molar-refractivity contribution in [3.8, 4) is 5.75 Å². The Morgan fingerprint density at radius 2 is 2.00 bits per heavy atom. The molecule has 0 aliphatic carbocycles. The fourth-order valence-electron chi connectivity index (χ4n) is 3.02. The molecule has 1 fully saturated rings. The quantitative estimate of drug-likeness (QED) is 0.853. The van der Waals surface area contributed by atoms with Crippen LogP contribution in [-0.2, 0) is 0 Å². The molecule has 2 rings (SSSR count). The summed E-state index contributed by atoms with van der Waals surface area (Å²) in [6.45, 7) is 8.27. The van der Waals surface area contributed by atoms with E-state index in [1.165, 1.54) is 18.5 Å². The molecule has 1 saturated heterocycles. The lowest BCUT2D eigenvalue weighted by Gasteiger charge is -2.26. The van der Waals surface area contributed by atoms with Crippen LogP contribution in [0.25, 0.3) is 0 Å². The van der Waals surface area contributed by atoms with Crippen molar-refractivity contribution in [3.63, 3.8) is 0 Å². The van der Waals surface area contributed by atoms with Gasteiger partial charge in [-0.15, -0.1) is 0 Å². The van der Waals surface area contributed by atoms with Gasteiger partial charge in [-0.1, -0.05) is 19.1 Å². The lowest BCUT2D eigenvalue weighted by molar-refractivity contribution is 0.272. The lowest BCUT2D eigenvalue weighted by atomic mass is 9.93. The van der Waals surface area contributed by atoms with E-state index in [1.807, 2.05) is 6.92 Å². The second-order valence-electron chi connectivity index (χ2n) is 5.28. The third kappa shape index (κ3) is 3.48. The molecule has 0 saturated carbocycles. The standard InChI is InChI=1S/C16H26N2O/c1-4-17-12-14-10-11-18(3)16(14)13-6-8-15(9-7-13)19-5-2/h6-9,14,16-17H,4-5,10-12H2,1-3H3. The van der Waals surface area contributed by atoms with Crippen LogP contribution in [-0.4, -0.2) is 38.2 Å². The summed E-state index contributed by atoms with van der Waals surface area (Å²) in [7, 11) is 2.23. The van der Waals surface area contributed by atoms with Crippen molar-refractivity contribution in [2.45, 2.75) is 26.3 Å². The SMILES string of the molecule is CCNCC1CCN(C)C1c1ccc(OCC)cc1. The van der Waals surface area contributed by atoms with Crippen molar-refractivity contribution in [2.75, 3.05) is 33.3 Å². The van der Waals surface area contributed by atoms with E-state index in [2.05, 4.69) is 48.5 Å². The fourth-order valence-corrected chi connectivity index (χ4v) is 3.02. The second-order valence-corrected chi connectivity index (χ2v) is 5.28. The van der Waals surface area contributed by atoms with Gasteiger partial charge in [0.05, 0.1) is 6.61 Å². The van der Waals surface area contributed by atoms with Crippen LogP contribution in [0.3, 0.4) is 0 Å². The summed E-state index contributed by atoms with van der Waals surface area (Å²) in [4.78, 5) is 2.47. The molecule has 0 aromatic heterocycles. The number of hydrogen-bond donors (Lipinski definition) is 1. The third-order valence-corrected chi connectivity index (χ3v) is 3.96. The van der Waals surface area contributed by atoms with Crippen LogP contribution in [0.5, 0.6) is 5.75 Å². The molecular formula is C16H26N2O. The average molecular weight is 262 g/mol. The highest BCUT2D eigenvalue weighted by Crippen LogP contribution is 2.36. The fraction of sp³-hybridized carbons (Fsp3) is 0.625. The Hall–Kier alpha value is -1.06. The zero-order valence-electron chi connectivity index (χ0n) is 12.4. The third-order valence-electron chi connectivity index (χ3n) is 3.96. The Kier molecular flexibility index (Phi) is 5.23. The molecule has 2 atom stereocenters. The monoisotopic (exact) mass is 262 g/mol. The van der Waals surface area contributed by atoms with Gasteiger partial charge in [0.2, 0.25) is 0 Å². The molecule has 1 N–H and O–H groups in total. The van der Waals surface area contributed by atoms with Crippen molar-refractivity contribution in [1.29, 1.82) is 0 Å². The summed E-state index contributed by atoms with van der Waals surface area (Å²) in [5.74, 6) is 1.68. The predicted octanol–water partition coefficient (Wildman–Crippen LogP) is 2.69. The van der Waals surface area contributed by atoms with Gasteiger partial charge in [0.25, 0.3) is 0 Å². The highest BCUT2D eigenvalue weighted by atomic mass is 16.5.